The van der Waals surface area contributed by atoms with Gasteiger partial charge in [-0.05, 0) is 12.5 Å². The Bertz CT molecular complexity index is 240. The molecule has 3 nitrogen and oxygen atoms in total. The summed E-state index contributed by atoms with van der Waals surface area (Å²) in [6.45, 7) is 3.60. The summed E-state index contributed by atoms with van der Waals surface area (Å²) < 4.78 is 0. The van der Waals surface area contributed by atoms with Crippen molar-refractivity contribution < 1.29 is 4.92 Å². The zero-order valence-electron chi connectivity index (χ0n) is 5.28. The highest BCUT2D eigenvalue weighted by Crippen LogP contribution is 2.10. The molecular weight excluding hydrogens is 130 g/mol. The van der Waals surface area contributed by atoms with E-state index in [4.69, 9.17) is 0 Å². The number of nitrogens with zero attached hydrogens (tertiary/aromatic N) is 1. The van der Waals surface area contributed by atoms with Gasteiger partial charge < -0.3 is 0 Å². The highest BCUT2D eigenvalue weighted by atomic mass is 16.6. The number of rotatable bonds is 1. The zero-order valence-corrected chi connectivity index (χ0v) is 5.28. The lowest BCUT2D eigenvalue weighted by molar-refractivity contribution is -0.384. The largest absolute Gasteiger partial charge is 0.269 e. The van der Waals surface area contributed by atoms with Crippen LogP contribution in [0.2, 0.25) is 0 Å². The number of hydrogen-bond donors (Lipinski definition) is 0. The molecule has 1 aromatic rings. The molecule has 1 aromatic carbocycles. The minimum atomic E-state index is -0.431. The van der Waals surface area contributed by atoms with E-state index in [9.17, 15) is 10.1 Å². The van der Waals surface area contributed by atoms with E-state index in [0.29, 0.717) is 0 Å². The molecule has 0 spiro atoms. The zero-order chi connectivity index (χ0) is 7.56. The van der Waals surface area contributed by atoms with Crippen molar-refractivity contribution in [2.45, 2.75) is 0 Å². The summed E-state index contributed by atoms with van der Waals surface area (Å²) >= 11 is 0. The van der Waals surface area contributed by atoms with Gasteiger partial charge in [-0.1, -0.05) is 12.1 Å². The van der Waals surface area contributed by atoms with Crippen molar-refractivity contribution in [3.05, 3.63) is 46.9 Å². The van der Waals surface area contributed by atoms with Crippen molar-refractivity contribution in [3.63, 3.8) is 0 Å². The Morgan fingerprint density at radius 3 is 2.20 bits per heavy atom. The number of benzene rings is 1. The second-order valence-corrected chi connectivity index (χ2v) is 1.92. The van der Waals surface area contributed by atoms with Gasteiger partial charge in [-0.25, -0.2) is 0 Å². The van der Waals surface area contributed by atoms with Gasteiger partial charge >= 0.3 is 0 Å². The van der Waals surface area contributed by atoms with Crippen molar-refractivity contribution in [1.82, 2.24) is 0 Å². The first-order chi connectivity index (χ1) is 4.70. The second kappa shape index (κ2) is 2.47. The Balaban J connectivity index is 3.00. The minimum Gasteiger partial charge on any atom is -0.258 e. The molecule has 0 atom stereocenters. The predicted molar refractivity (Wildman–Crippen MR) is 37.6 cm³/mol. The maximum Gasteiger partial charge on any atom is 0.269 e. The lowest BCUT2D eigenvalue weighted by atomic mass is 10.2. The average Bonchev–Trinajstić information content (AvgIpc) is 1.88. The smallest absolute Gasteiger partial charge is 0.258 e. The summed E-state index contributed by atoms with van der Waals surface area (Å²) in [6, 6.07) is 6.08. The molecule has 0 N–H and O–H groups in total. The topological polar surface area (TPSA) is 43.1 Å². The van der Waals surface area contributed by atoms with Gasteiger partial charge in [-0.15, -0.1) is 0 Å². The number of nitro groups is 1. The molecule has 10 heavy (non-hydrogen) atoms. The third kappa shape index (κ3) is 1.31. The van der Waals surface area contributed by atoms with Gasteiger partial charge in [0.05, 0.1) is 4.92 Å². The van der Waals surface area contributed by atoms with E-state index in [1.165, 1.54) is 12.1 Å². The van der Waals surface area contributed by atoms with Gasteiger partial charge in [0.25, 0.3) is 5.69 Å². The number of non-ortho nitro benzene ring substituents is 1. The lowest BCUT2D eigenvalue weighted by Crippen LogP contribution is -1.86. The van der Waals surface area contributed by atoms with Crippen molar-refractivity contribution in [3.8, 4) is 0 Å². The predicted octanol–water partition coefficient (Wildman–Crippen LogP) is 1.78. The maximum absolute atomic E-state index is 10.1. The summed E-state index contributed by atoms with van der Waals surface area (Å²) in [6.07, 6.45) is 0. The molecule has 51 valence electrons. The van der Waals surface area contributed by atoms with E-state index in [1.807, 2.05) is 0 Å². The summed E-state index contributed by atoms with van der Waals surface area (Å²) in [5, 5.41) is 10.1. The van der Waals surface area contributed by atoms with Gasteiger partial charge in [0.15, 0.2) is 0 Å². The molecule has 1 rings (SSSR count). The Morgan fingerprint density at radius 1 is 1.30 bits per heavy atom. The van der Waals surface area contributed by atoms with Crippen LogP contribution in [0.15, 0.2) is 24.3 Å². The summed E-state index contributed by atoms with van der Waals surface area (Å²) in [5.74, 6) is 0. The first kappa shape index (κ1) is 6.74. The molecule has 0 saturated carbocycles. The SMILES string of the molecule is [CH2]c1ccc([N+](=O)[O-])cc1. The molecule has 0 aliphatic carbocycles. The maximum atomic E-state index is 10.1. The Labute approximate surface area is 58.4 Å². The van der Waals surface area contributed by atoms with Crippen LogP contribution in [0.3, 0.4) is 0 Å². The van der Waals surface area contributed by atoms with E-state index < -0.39 is 4.92 Å². The van der Waals surface area contributed by atoms with Crippen molar-refractivity contribution in [2.24, 2.45) is 0 Å². The Morgan fingerprint density at radius 2 is 1.80 bits per heavy atom. The van der Waals surface area contributed by atoms with Crippen LogP contribution in [0.25, 0.3) is 0 Å². The Kier molecular flexibility index (Phi) is 1.67. The first-order valence-electron chi connectivity index (χ1n) is 2.76. The quantitative estimate of drug-likeness (QED) is 0.436. The van der Waals surface area contributed by atoms with Gasteiger partial charge in [-0.2, -0.15) is 0 Å². The molecule has 0 amide bonds. The third-order valence-corrected chi connectivity index (χ3v) is 1.15. The van der Waals surface area contributed by atoms with Crippen LogP contribution < -0.4 is 0 Å². The Hall–Kier alpha value is -1.38. The molecule has 0 heterocycles. The average molecular weight is 136 g/mol. The van der Waals surface area contributed by atoms with Gasteiger partial charge in [-0.3, -0.25) is 10.1 Å². The fraction of sp³-hybridized carbons (Fsp3) is 0. The van der Waals surface area contributed by atoms with Crippen molar-refractivity contribution in [2.75, 3.05) is 0 Å². The normalized spacial score (nSPS) is 9.30. The first-order valence-corrected chi connectivity index (χ1v) is 2.76. The fourth-order valence-corrected chi connectivity index (χ4v) is 0.618. The molecule has 1 radical (unpaired) electrons. The van der Waals surface area contributed by atoms with Crippen molar-refractivity contribution in [1.29, 1.82) is 0 Å². The van der Waals surface area contributed by atoms with Gasteiger partial charge in [0.1, 0.15) is 0 Å². The van der Waals surface area contributed by atoms with E-state index in [-0.39, 0.29) is 5.69 Å². The third-order valence-electron chi connectivity index (χ3n) is 1.15. The molecule has 0 fully saturated rings. The highest BCUT2D eigenvalue weighted by Gasteiger charge is 2.00. The van der Waals surface area contributed by atoms with Gasteiger partial charge in [0, 0.05) is 12.1 Å². The summed E-state index contributed by atoms with van der Waals surface area (Å²) in [7, 11) is 0. The standard InChI is InChI=1S/C7H6NO2/c1-6-2-4-7(5-3-6)8(9)10/h2-5H,1H2. The second-order valence-electron chi connectivity index (χ2n) is 1.92. The van der Waals surface area contributed by atoms with Crippen LogP contribution in [-0.4, -0.2) is 4.92 Å². The van der Waals surface area contributed by atoms with Gasteiger partial charge in [0.2, 0.25) is 0 Å². The number of hydrogen-bond acceptors (Lipinski definition) is 2. The van der Waals surface area contributed by atoms with Crippen molar-refractivity contribution >= 4 is 5.69 Å². The molecule has 0 aliphatic heterocycles. The monoisotopic (exact) mass is 136 g/mol. The molecule has 3 heteroatoms. The van der Waals surface area contributed by atoms with E-state index in [0.717, 1.165) is 5.56 Å². The minimum absolute atomic E-state index is 0.104. The number of nitro benzene ring substituents is 1. The van der Waals surface area contributed by atoms with Crippen LogP contribution in [0, 0.1) is 17.0 Å². The fourth-order valence-electron chi connectivity index (χ4n) is 0.618. The van der Waals surface area contributed by atoms with E-state index in [1.54, 1.807) is 12.1 Å². The molecule has 0 unspecified atom stereocenters. The van der Waals surface area contributed by atoms with Crippen LogP contribution in [0.4, 0.5) is 5.69 Å². The lowest BCUT2D eigenvalue weighted by Gasteiger charge is -1.89. The molecule has 0 saturated heterocycles. The summed E-state index contributed by atoms with van der Waals surface area (Å²) in [5.41, 5.74) is 0.887. The summed E-state index contributed by atoms with van der Waals surface area (Å²) in [4.78, 5) is 9.67. The van der Waals surface area contributed by atoms with Crippen LogP contribution in [0.1, 0.15) is 5.56 Å². The van der Waals surface area contributed by atoms with Crippen LogP contribution in [-0.2, 0) is 0 Å². The molecular formula is C7H6NO2. The highest BCUT2D eigenvalue weighted by molar-refractivity contribution is 5.33. The molecule has 0 aliphatic rings. The van der Waals surface area contributed by atoms with E-state index in [2.05, 4.69) is 6.92 Å². The van der Waals surface area contributed by atoms with E-state index >= 15 is 0 Å². The van der Waals surface area contributed by atoms with Crippen LogP contribution >= 0.6 is 0 Å². The molecule has 0 bridgehead atoms. The molecule has 0 aromatic heterocycles. The van der Waals surface area contributed by atoms with Crippen LogP contribution in [0.5, 0.6) is 0 Å².